The second-order valence-electron chi connectivity index (χ2n) is 13.1. The largest absolute Gasteiger partial charge is 0.573 e. The van der Waals surface area contributed by atoms with Crippen molar-refractivity contribution >= 4 is 17.9 Å². The molecule has 8 nitrogen and oxygen atoms in total. The van der Waals surface area contributed by atoms with Crippen molar-refractivity contribution in [3.63, 3.8) is 0 Å². The third-order valence-electron chi connectivity index (χ3n) is 9.37. The molecular formula is C43H40ClF3O8. The molecule has 0 saturated carbocycles. The summed E-state index contributed by atoms with van der Waals surface area (Å²) in [4.78, 5) is 13.3. The molecule has 0 aromatic heterocycles. The minimum absolute atomic E-state index is 0.0545. The smallest absolute Gasteiger partial charge is 0.406 e. The lowest BCUT2D eigenvalue weighted by Crippen LogP contribution is -2.72. The maximum atomic E-state index is 13.3. The average Bonchev–Trinajstić information content (AvgIpc) is 3.20. The molecule has 1 N–H and O–H groups in total. The Bertz CT molecular complexity index is 1970. The highest BCUT2D eigenvalue weighted by atomic mass is 35.5. The summed E-state index contributed by atoms with van der Waals surface area (Å²) in [6, 6.07) is 38.7. The van der Waals surface area contributed by atoms with Gasteiger partial charge in [-0.1, -0.05) is 121 Å². The quantitative estimate of drug-likeness (QED) is 0.100. The number of rotatable bonds is 16. The number of ether oxygens (including phenoxy) is 6. The Morgan fingerprint density at radius 2 is 1.25 bits per heavy atom. The summed E-state index contributed by atoms with van der Waals surface area (Å²) in [5, 5.41) is 11.4. The van der Waals surface area contributed by atoms with E-state index in [9.17, 15) is 23.1 Å². The molecule has 1 aliphatic rings. The highest BCUT2D eigenvalue weighted by Gasteiger charge is 2.64. The van der Waals surface area contributed by atoms with E-state index in [-0.39, 0.29) is 32.0 Å². The van der Waals surface area contributed by atoms with Crippen molar-refractivity contribution in [2.75, 3.05) is 13.7 Å². The Hall–Kier alpha value is -4.59. The lowest BCUT2D eigenvalue weighted by atomic mass is 9.80. The molecule has 12 heteroatoms. The van der Waals surface area contributed by atoms with Gasteiger partial charge in [-0.15, -0.1) is 13.2 Å². The monoisotopic (exact) mass is 776 g/mol. The number of benzene rings is 5. The van der Waals surface area contributed by atoms with Crippen LogP contribution in [-0.4, -0.2) is 55.4 Å². The van der Waals surface area contributed by atoms with Gasteiger partial charge in [0.25, 0.3) is 0 Å². The lowest BCUT2D eigenvalue weighted by Gasteiger charge is -2.55. The second kappa shape index (κ2) is 17.9. The molecule has 55 heavy (non-hydrogen) atoms. The molecule has 0 amide bonds. The Balaban J connectivity index is 1.44. The van der Waals surface area contributed by atoms with E-state index in [0.717, 1.165) is 16.7 Å². The number of methoxy groups -OCH3 is 1. The van der Waals surface area contributed by atoms with E-state index in [2.05, 4.69) is 4.74 Å². The van der Waals surface area contributed by atoms with E-state index in [1.165, 1.54) is 31.4 Å². The van der Waals surface area contributed by atoms with Crippen molar-refractivity contribution in [1.29, 1.82) is 0 Å². The topological polar surface area (TPSA) is 92.7 Å². The summed E-state index contributed by atoms with van der Waals surface area (Å²) >= 11 is 6.72. The third-order valence-corrected chi connectivity index (χ3v) is 9.74. The summed E-state index contributed by atoms with van der Waals surface area (Å²) < 4.78 is 75.4. The van der Waals surface area contributed by atoms with Gasteiger partial charge >= 0.3 is 6.36 Å². The molecule has 0 unspecified atom stereocenters. The molecule has 5 atom stereocenters. The number of carbonyl (C=O) groups excluding carboxylic acids is 1. The number of aliphatic hydroxyl groups is 1. The summed E-state index contributed by atoms with van der Waals surface area (Å²) in [6.07, 6.45) is -7.54. The van der Waals surface area contributed by atoms with Crippen LogP contribution in [0.3, 0.4) is 0 Å². The van der Waals surface area contributed by atoms with Gasteiger partial charge in [-0.25, -0.2) is 0 Å². The standard InChI is InChI=1S/C43H40ClF3O8/c1-50-42(35-19-22-37(44)34(24-35)23-30-17-20-36(21-18-30)54-43(45,46)47)40(53-27-33-15-9-4-10-16-33)38(51-25-31-11-5-2-6-12-31)39(41(28-48,29-49)55-42)52-26-32-13-7-3-8-14-32/h2-22,24,28,38-40,49H,23,25-27,29H2,1H3/t38-,39-,40+,41-,42-/m0/s1. The van der Waals surface area contributed by atoms with E-state index in [4.69, 9.17) is 35.3 Å². The highest BCUT2D eigenvalue weighted by Crippen LogP contribution is 2.48. The number of aldehydes is 1. The predicted molar refractivity (Wildman–Crippen MR) is 198 cm³/mol. The van der Waals surface area contributed by atoms with Crippen LogP contribution >= 0.6 is 11.6 Å². The fourth-order valence-corrected chi connectivity index (χ4v) is 6.84. The summed E-state index contributed by atoms with van der Waals surface area (Å²) in [5.74, 6) is -2.26. The van der Waals surface area contributed by atoms with Crippen LogP contribution < -0.4 is 4.74 Å². The fraction of sp³-hybridized carbons (Fsp3) is 0.279. The normalized spacial score (nSPS) is 22.6. The van der Waals surface area contributed by atoms with E-state index in [1.807, 2.05) is 91.0 Å². The van der Waals surface area contributed by atoms with Crippen LogP contribution in [0, 0.1) is 0 Å². The molecule has 0 aliphatic carbocycles. The average molecular weight is 777 g/mol. The third kappa shape index (κ3) is 9.63. The first-order valence-electron chi connectivity index (χ1n) is 17.5. The molecule has 1 aliphatic heterocycles. The molecule has 5 aromatic carbocycles. The van der Waals surface area contributed by atoms with Crippen molar-refractivity contribution in [3.8, 4) is 5.75 Å². The number of hydrogen-bond donors (Lipinski definition) is 1. The number of hydrogen-bond acceptors (Lipinski definition) is 8. The zero-order chi connectivity index (χ0) is 38.9. The first kappa shape index (κ1) is 40.1. The van der Waals surface area contributed by atoms with E-state index >= 15 is 0 Å². The van der Waals surface area contributed by atoms with Crippen molar-refractivity contribution < 1.29 is 51.5 Å². The van der Waals surface area contributed by atoms with Crippen molar-refractivity contribution in [1.82, 2.24) is 0 Å². The molecule has 5 aromatic rings. The Labute approximate surface area is 322 Å². The highest BCUT2D eigenvalue weighted by molar-refractivity contribution is 6.31. The molecule has 1 heterocycles. The number of halogens is 4. The van der Waals surface area contributed by atoms with E-state index in [1.54, 1.807) is 18.2 Å². The predicted octanol–water partition coefficient (Wildman–Crippen LogP) is 8.35. The van der Waals surface area contributed by atoms with Gasteiger partial charge in [0.05, 0.1) is 26.4 Å². The minimum atomic E-state index is -4.83. The van der Waals surface area contributed by atoms with Crippen molar-refractivity contribution in [2.24, 2.45) is 0 Å². The van der Waals surface area contributed by atoms with Gasteiger partial charge in [0.15, 0.2) is 11.9 Å². The SMILES string of the molecule is CO[C@@]1(c2ccc(Cl)c(Cc3ccc(OC(F)(F)F)cc3)c2)O[C@@](C=O)(CO)[C@@H](OCc2ccccc2)[C@H](OCc2ccccc2)[C@H]1OCc1ccccc1. The van der Waals surface area contributed by atoms with Crippen LogP contribution in [0.15, 0.2) is 133 Å². The lowest BCUT2D eigenvalue weighted by molar-refractivity contribution is -0.401. The molecule has 6 rings (SSSR count). The van der Waals surface area contributed by atoms with E-state index in [0.29, 0.717) is 28.0 Å². The van der Waals surface area contributed by atoms with Gasteiger partial charge in [-0.05, 0) is 58.5 Å². The maximum absolute atomic E-state index is 13.3. The minimum Gasteiger partial charge on any atom is -0.406 e. The zero-order valence-electron chi connectivity index (χ0n) is 29.9. The van der Waals surface area contributed by atoms with Gasteiger partial charge in [0, 0.05) is 17.7 Å². The van der Waals surface area contributed by atoms with Gasteiger partial charge in [-0.2, -0.15) is 0 Å². The summed E-state index contributed by atoms with van der Waals surface area (Å²) in [6.45, 7) is -0.581. The molecule has 0 radical (unpaired) electrons. The Morgan fingerprint density at radius 3 is 1.75 bits per heavy atom. The number of aliphatic hydroxyl groups excluding tert-OH is 1. The molecule has 1 fully saturated rings. The Morgan fingerprint density at radius 1 is 0.727 bits per heavy atom. The summed E-state index contributed by atoms with van der Waals surface area (Å²) in [7, 11) is 1.40. The number of carbonyl (C=O) groups is 1. The van der Waals surface area contributed by atoms with Gasteiger partial charge in [-0.3, -0.25) is 4.79 Å². The second-order valence-corrected chi connectivity index (χ2v) is 13.5. The maximum Gasteiger partial charge on any atom is 0.573 e. The molecule has 0 bridgehead atoms. The van der Waals surface area contributed by atoms with Crippen LogP contribution in [0.1, 0.15) is 33.4 Å². The zero-order valence-corrected chi connectivity index (χ0v) is 30.6. The van der Waals surface area contributed by atoms with Crippen LogP contribution in [-0.2, 0) is 60.5 Å². The number of alkyl halides is 3. The van der Waals surface area contributed by atoms with E-state index < -0.39 is 42.7 Å². The molecular weight excluding hydrogens is 737 g/mol. The van der Waals surface area contributed by atoms with Crippen LogP contribution in [0.25, 0.3) is 0 Å². The van der Waals surface area contributed by atoms with Crippen molar-refractivity contribution in [3.05, 3.63) is 172 Å². The van der Waals surface area contributed by atoms with Gasteiger partial charge in [0.2, 0.25) is 5.79 Å². The Kier molecular flexibility index (Phi) is 13.1. The summed E-state index contributed by atoms with van der Waals surface area (Å²) in [5.41, 5.74) is 2.04. The molecule has 1 saturated heterocycles. The fourth-order valence-electron chi connectivity index (χ4n) is 6.66. The molecule has 288 valence electrons. The first-order valence-corrected chi connectivity index (χ1v) is 17.9. The molecule has 0 spiro atoms. The van der Waals surface area contributed by atoms with Gasteiger partial charge in [0.1, 0.15) is 24.1 Å². The first-order chi connectivity index (χ1) is 26.6. The van der Waals surface area contributed by atoms with Crippen LogP contribution in [0.2, 0.25) is 5.02 Å². The van der Waals surface area contributed by atoms with Crippen LogP contribution in [0.5, 0.6) is 5.75 Å². The van der Waals surface area contributed by atoms with Crippen molar-refractivity contribution in [2.45, 2.75) is 62.3 Å². The van der Waals surface area contributed by atoms with Crippen LogP contribution in [0.4, 0.5) is 13.2 Å². The van der Waals surface area contributed by atoms with Gasteiger partial charge < -0.3 is 33.5 Å².